The molecule has 0 rings (SSSR count). The Morgan fingerprint density at radius 3 is 0.792 bits per heavy atom. The van der Waals surface area contributed by atoms with Crippen LogP contribution in [0.1, 0.15) is 13.8 Å². The first-order chi connectivity index (χ1) is 9.29. The van der Waals surface area contributed by atoms with Gasteiger partial charge in [-0.1, -0.05) is 0 Å². The number of aliphatic hydroxyl groups is 2. The maximum atomic E-state index is 9.34. The van der Waals surface area contributed by atoms with Gasteiger partial charge in [-0.3, -0.25) is 9.13 Å². The van der Waals surface area contributed by atoms with Crippen molar-refractivity contribution in [1.29, 1.82) is 0 Å². The van der Waals surface area contributed by atoms with E-state index in [1.165, 1.54) is 0 Å². The van der Waals surface area contributed by atoms with Crippen molar-refractivity contribution in [2.45, 2.75) is 26.1 Å². The molecule has 0 aliphatic rings. The van der Waals surface area contributed by atoms with Crippen LogP contribution < -0.4 is 20.0 Å². The number of phosphoric acid groups is 2. The summed E-state index contributed by atoms with van der Waals surface area (Å²) < 4.78 is 17.5. The van der Waals surface area contributed by atoms with Gasteiger partial charge in [-0.15, -0.1) is 0 Å². The fraction of sp³-hybridized carbons (Fsp3) is 0.667. The van der Waals surface area contributed by atoms with Crippen LogP contribution in [0.5, 0.6) is 0 Å². The molecule has 0 aromatic carbocycles. The molecule has 0 saturated carbocycles. The van der Waals surface area contributed by atoms with Gasteiger partial charge < -0.3 is 59.4 Å². The van der Waals surface area contributed by atoms with Crippen molar-refractivity contribution in [3.8, 4) is 0 Å². The monoisotopic (exact) mass is 452 g/mol. The predicted molar refractivity (Wildman–Crippen MR) is 69.0 cm³/mol. The number of carbonyl (C=O) groups excluding carboxylic acids is 2. The summed E-state index contributed by atoms with van der Waals surface area (Å²) in [6, 6.07) is 0. The average Bonchev–Trinajstić information content (AvgIpc) is 2.12. The van der Waals surface area contributed by atoms with Crippen molar-refractivity contribution in [2.75, 3.05) is 0 Å². The third-order valence-electron chi connectivity index (χ3n) is 0.682. The Balaban J connectivity index is -0.0000000439. The second-order valence-corrected chi connectivity index (χ2v) is 4.93. The molecule has 0 spiro atoms. The van der Waals surface area contributed by atoms with Crippen LogP contribution in [0.25, 0.3) is 0 Å². The molecule has 0 radical (unpaired) electrons. The molecular formula is C6H14Ca2O14P2. The molecular weight excluding hydrogens is 438 g/mol. The van der Waals surface area contributed by atoms with Crippen LogP contribution in [0.15, 0.2) is 0 Å². The fourth-order valence-electron chi connectivity index (χ4n) is 0. The minimum Gasteiger partial charge on any atom is -0.756 e. The van der Waals surface area contributed by atoms with Gasteiger partial charge in [0.15, 0.2) is 0 Å². The number of carboxylic acids is 2. The molecule has 136 valence electrons. The van der Waals surface area contributed by atoms with E-state index in [1.807, 2.05) is 0 Å². The summed E-state index contributed by atoms with van der Waals surface area (Å²) in [5.74, 6) is -2.87. The molecule has 0 aliphatic carbocycles. The summed E-state index contributed by atoms with van der Waals surface area (Å²) in [6.07, 6.45) is -2.69. The Labute approximate surface area is 195 Å². The molecule has 0 amide bonds. The molecule has 0 bridgehead atoms. The third kappa shape index (κ3) is 131. The van der Waals surface area contributed by atoms with Gasteiger partial charge in [0.1, 0.15) is 0 Å². The van der Waals surface area contributed by atoms with Crippen molar-refractivity contribution in [3.63, 3.8) is 0 Å². The van der Waals surface area contributed by atoms with Crippen LogP contribution in [0, 0.1) is 0 Å². The van der Waals surface area contributed by atoms with Gasteiger partial charge >= 0.3 is 75.5 Å². The summed E-state index contributed by atoms with van der Waals surface area (Å²) in [7, 11) is -9.78. The van der Waals surface area contributed by atoms with Crippen LogP contribution in [-0.2, 0) is 18.7 Å². The van der Waals surface area contributed by atoms with Crippen LogP contribution in [-0.4, -0.2) is 129 Å². The quantitative estimate of drug-likeness (QED) is 0.168. The number of aliphatic hydroxyl groups excluding tert-OH is 2. The molecule has 14 nitrogen and oxygen atoms in total. The topological polar surface area (TPSA) is 282 Å². The van der Waals surface area contributed by atoms with E-state index in [1.54, 1.807) is 0 Å². The Kier molecular flexibility index (Phi) is 35.1. The van der Waals surface area contributed by atoms with Crippen LogP contribution in [0.3, 0.4) is 0 Å². The fourth-order valence-corrected chi connectivity index (χ4v) is 0. The van der Waals surface area contributed by atoms with Crippen molar-refractivity contribution < 1.29 is 68.5 Å². The number of carbonyl (C=O) groups is 2. The molecule has 24 heavy (non-hydrogen) atoms. The van der Waals surface area contributed by atoms with Gasteiger partial charge in [0, 0.05) is 0 Å². The van der Waals surface area contributed by atoms with E-state index in [-0.39, 0.29) is 75.5 Å². The van der Waals surface area contributed by atoms with Gasteiger partial charge in [-0.2, -0.15) is 0 Å². The number of hydrogen-bond donors (Lipinski definition) is 6. The number of aliphatic carboxylic acids is 2. The van der Waals surface area contributed by atoms with Gasteiger partial charge in [0.2, 0.25) is 0 Å². The van der Waals surface area contributed by atoms with E-state index in [0.29, 0.717) is 0 Å². The Morgan fingerprint density at radius 1 is 0.750 bits per heavy atom. The molecule has 0 heterocycles. The Hall–Kier alpha value is 1.60. The molecule has 6 N–H and O–H groups in total. The predicted octanol–water partition coefficient (Wildman–Crippen LogP) is -7.65. The maximum absolute atomic E-state index is 9.34. The molecule has 2 unspecified atom stereocenters. The SMILES string of the molecule is CC(O)C(=O)[O-].CC(O)C(=O)[O-].O=P([O-])(O)O.O=P([O-])(O)O.[Ca+2].[Ca+2]. The zero-order chi connectivity index (χ0) is 19.3. The summed E-state index contributed by atoms with van der Waals surface area (Å²) in [5.41, 5.74) is 0. The second-order valence-electron chi connectivity index (χ2n) is 2.97. The van der Waals surface area contributed by atoms with Crippen molar-refractivity contribution in [2.24, 2.45) is 0 Å². The van der Waals surface area contributed by atoms with Crippen molar-refractivity contribution >= 4 is 103 Å². The molecule has 0 aliphatic heterocycles. The molecule has 2 atom stereocenters. The third-order valence-corrected chi connectivity index (χ3v) is 0.682. The molecule has 0 saturated heterocycles. The normalized spacial score (nSPS) is 11.8. The summed E-state index contributed by atoms with van der Waals surface area (Å²) in [4.78, 5) is 64.5. The van der Waals surface area contributed by atoms with E-state index in [9.17, 15) is 19.8 Å². The summed E-state index contributed by atoms with van der Waals surface area (Å²) in [6.45, 7) is 2.27. The van der Waals surface area contributed by atoms with E-state index in [0.717, 1.165) is 13.8 Å². The minimum absolute atomic E-state index is 0. The largest absolute Gasteiger partial charge is 2.00 e. The van der Waals surface area contributed by atoms with Crippen molar-refractivity contribution in [1.82, 2.24) is 0 Å². The van der Waals surface area contributed by atoms with Gasteiger partial charge in [-0.05, 0) is 13.8 Å². The van der Waals surface area contributed by atoms with E-state index >= 15 is 0 Å². The van der Waals surface area contributed by atoms with Crippen LogP contribution in [0.4, 0.5) is 0 Å². The standard InChI is InChI=1S/2C3H6O3.2Ca.2H3O4P/c2*1-2(4)3(5)6;;;2*1-5(2,3)4/h2*2,4H,1H3,(H,5,6);;;2*(H3,1,2,3,4)/q;;2*+2;;/p-4. The molecule has 18 heteroatoms. The summed E-state index contributed by atoms with van der Waals surface area (Å²) >= 11 is 0. The number of rotatable bonds is 2. The summed E-state index contributed by atoms with van der Waals surface area (Å²) in [5, 5.41) is 34.6. The van der Waals surface area contributed by atoms with Crippen molar-refractivity contribution in [3.05, 3.63) is 0 Å². The van der Waals surface area contributed by atoms with E-state index in [2.05, 4.69) is 0 Å². The maximum Gasteiger partial charge on any atom is 2.00 e. The van der Waals surface area contributed by atoms with Crippen LogP contribution in [0.2, 0.25) is 0 Å². The van der Waals surface area contributed by atoms with Crippen LogP contribution >= 0.6 is 15.6 Å². The Bertz CT molecular complexity index is 346. The number of hydrogen-bond acceptors (Lipinski definition) is 10. The first kappa shape index (κ1) is 40.3. The number of carboxylic acid groups (broad SMARTS) is 2. The van der Waals surface area contributed by atoms with Gasteiger partial charge in [0.05, 0.1) is 24.1 Å². The first-order valence-corrected chi connectivity index (χ1v) is 7.66. The van der Waals surface area contributed by atoms with E-state index < -0.39 is 39.8 Å². The van der Waals surface area contributed by atoms with E-state index in [4.69, 9.17) is 48.7 Å². The minimum atomic E-state index is -4.89. The first-order valence-electron chi connectivity index (χ1n) is 4.60. The molecule has 0 fully saturated rings. The average molecular weight is 452 g/mol. The molecule has 0 aromatic heterocycles. The van der Waals surface area contributed by atoms with Gasteiger partial charge in [0.25, 0.3) is 15.6 Å². The second kappa shape index (κ2) is 20.9. The smallest absolute Gasteiger partial charge is 0.756 e. The zero-order valence-electron chi connectivity index (χ0n) is 12.4. The van der Waals surface area contributed by atoms with Gasteiger partial charge in [-0.25, -0.2) is 0 Å². The Morgan fingerprint density at radius 2 is 0.792 bits per heavy atom. The molecule has 0 aromatic rings. The zero-order valence-corrected chi connectivity index (χ0v) is 18.6.